The Hall–Kier alpha value is -1.11. The number of nitrogens with zero attached hydrogens (tertiary/aromatic N) is 3. The van der Waals surface area contributed by atoms with Crippen molar-refractivity contribution < 1.29 is 4.79 Å². The number of fused-ring (bicyclic) bond motifs is 1. The molecule has 0 bridgehead atoms. The number of nitrogens with one attached hydrogen (secondary N) is 2. The molecule has 3 fully saturated rings. The molecular formula is C18H29Cl2N5O. The zero-order chi connectivity index (χ0) is 16.4. The molecule has 1 aromatic heterocycles. The van der Waals surface area contributed by atoms with Crippen LogP contribution in [0.4, 0.5) is 5.82 Å². The van der Waals surface area contributed by atoms with Crippen molar-refractivity contribution in [3.63, 3.8) is 0 Å². The molecular weight excluding hydrogens is 373 g/mol. The summed E-state index contributed by atoms with van der Waals surface area (Å²) in [6.45, 7) is 1.69. The highest BCUT2D eigenvalue weighted by Gasteiger charge is 2.38. The quantitative estimate of drug-likeness (QED) is 0.809. The van der Waals surface area contributed by atoms with E-state index in [1.54, 1.807) is 6.20 Å². The molecule has 8 heteroatoms. The smallest absolute Gasteiger partial charge is 0.237 e. The van der Waals surface area contributed by atoms with Crippen LogP contribution in [0.15, 0.2) is 18.3 Å². The van der Waals surface area contributed by atoms with E-state index in [1.165, 1.54) is 25.7 Å². The van der Waals surface area contributed by atoms with E-state index in [0.29, 0.717) is 24.5 Å². The van der Waals surface area contributed by atoms with Crippen LogP contribution in [0.3, 0.4) is 0 Å². The van der Waals surface area contributed by atoms with Crippen LogP contribution in [0.5, 0.6) is 0 Å². The zero-order valence-electron chi connectivity index (χ0n) is 15.0. The molecule has 26 heavy (non-hydrogen) atoms. The van der Waals surface area contributed by atoms with Gasteiger partial charge >= 0.3 is 0 Å². The van der Waals surface area contributed by atoms with E-state index in [9.17, 15) is 4.79 Å². The van der Waals surface area contributed by atoms with Crippen molar-refractivity contribution in [2.75, 3.05) is 18.0 Å². The van der Waals surface area contributed by atoms with Gasteiger partial charge in [0, 0.05) is 31.4 Å². The molecule has 2 saturated heterocycles. The van der Waals surface area contributed by atoms with Crippen molar-refractivity contribution in [1.82, 2.24) is 20.8 Å². The van der Waals surface area contributed by atoms with E-state index in [2.05, 4.69) is 25.7 Å². The molecule has 6 nitrogen and oxygen atoms in total. The lowest BCUT2D eigenvalue weighted by molar-refractivity contribution is -0.122. The molecule has 0 spiro atoms. The Morgan fingerprint density at radius 3 is 2.85 bits per heavy atom. The molecule has 146 valence electrons. The largest absolute Gasteiger partial charge is 0.353 e. The summed E-state index contributed by atoms with van der Waals surface area (Å²) in [5.41, 5.74) is 0. The van der Waals surface area contributed by atoms with Gasteiger partial charge in [-0.05, 0) is 50.2 Å². The second-order valence-electron chi connectivity index (χ2n) is 7.42. The molecule has 1 aliphatic carbocycles. The highest BCUT2D eigenvalue weighted by Crippen LogP contribution is 2.33. The number of aromatic nitrogens is 2. The molecule has 0 radical (unpaired) electrons. The third-order valence-electron chi connectivity index (χ3n) is 5.92. The van der Waals surface area contributed by atoms with Crippen LogP contribution in [0, 0.1) is 5.92 Å². The van der Waals surface area contributed by atoms with Gasteiger partial charge in [0.1, 0.15) is 0 Å². The van der Waals surface area contributed by atoms with Crippen LogP contribution in [-0.4, -0.2) is 47.3 Å². The molecule has 2 N–H and O–H groups in total. The summed E-state index contributed by atoms with van der Waals surface area (Å²) < 4.78 is 0. The monoisotopic (exact) mass is 401 g/mol. The summed E-state index contributed by atoms with van der Waals surface area (Å²) >= 11 is 0. The van der Waals surface area contributed by atoms with Crippen molar-refractivity contribution >= 4 is 36.5 Å². The van der Waals surface area contributed by atoms with Crippen molar-refractivity contribution in [3.05, 3.63) is 18.3 Å². The number of halogens is 2. The van der Waals surface area contributed by atoms with E-state index >= 15 is 0 Å². The normalized spacial score (nSPS) is 30.1. The van der Waals surface area contributed by atoms with Gasteiger partial charge < -0.3 is 15.5 Å². The van der Waals surface area contributed by atoms with Gasteiger partial charge in [-0.1, -0.05) is 12.8 Å². The van der Waals surface area contributed by atoms with Gasteiger partial charge in [0.2, 0.25) is 5.91 Å². The molecule has 4 rings (SSSR count). The first-order chi connectivity index (χ1) is 11.8. The standard InChI is InChI=1S/C18H27N5O.2ClH/c24-18(16-11-13-5-1-2-7-15(13)21-16)19-12-14-6-4-10-23(14)17-8-3-9-20-22-17;;/h3,8-9,13-16,21H,1-2,4-7,10-12H2,(H,19,24);2*1H. The zero-order valence-corrected chi connectivity index (χ0v) is 16.6. The molecule has 1 aromatic rings. The molecule has 1 saturated carbocycles. The summed E-state index contributed by atoms with van der Waals surface area (Å²) in [5.74, 6) is 1.80. The van der Waals surface area contributed by atoms with Crippen LogP contribution >= 0.6 is 24.8 Å². The number of carbonyl (C=O) groups is 1. The Labute approximate surface area is 167 Å². The van der Waals surface area contributed by atoms with Gasteiger partial charge in [-0.15, -0.1) is 29.9 Å². The summed E-state index contributed by atoms with van der Waals surface area (Å²) in [6.07, 6.45) is 10.1. The molecule has 4 unspecified atom stereocenters. The van der Waals surface area contributed by atoms with Gasteiger partial charge in [0.15, 0.2) is 5.82 Å². The van der Waals surface area contributed by atoms with Gasteiger partial charge in [-0.3, -0.25) is 4.79 Å². The number of hydrogen-bond donors (Lipinski definition) is 2. The average molecular weight is 402 g/mol. The van der Waals surface area contributed by atoms with Crippen molar-refractivity contribution in [2.24, 2.45) is 5.92 Å². The SMILES string of the molecule is Cl.Cl.O=C(NCC1CCCN1c1cccnn1)C1CC2CCCCC2N1. The second kappa shape index (κ2) is 9.72. The van der Waals surface area contributed by atoms with Gasteiger partial charge in [0.05, 0.1) is 6.04 Å². The first kappa shape index (κ1) is 21.2. The van der Waals surface area contributed by atoms with Crippen LogP contribution < -0.4 is 15.5 Å². The first-order valence-electron chi connectivity index (χ1n) is 9.39. The fraction of sp³-hybridized carbons (Fsp3) is 0.722. The molecule has 2 aliphatic heterocycles. The molecule has 4 atom stereocenters. The van der Waals surface area contributed by atoms with E-state index in [4.69, 9.17) is 0 Å². The maximum absolute atomic E-state index is 12.6. The van der Waals surface area contributed by atoms with Crippen LogP contribution in [-0.2, 0) is 4.79 Å². The number of rotatable bonds is 4. The van der Waals surface area contributed by atoms with Gasteiger partial charge in [-0.25, -0.2) is 0 Å². The summed E-state index contributed by atoms with van der Waals surface area (Å²) in [7, 11) is 0. The fourth-order valence-corrected chi connectivity index (χ4v) is 4.66. The third-order valence-corrected chi connectivity index (χ3v) is 5.92. The fourth-order valence-electron chi connectivity index (χ4n) is 4.66. The Morgan fingerprint density at radius 2 is 2.08 bits per heavy atom. The molecule has 0 aromatic carbocycles. The predicted octanol–water partition coefficient (Wildman–Crippen LogP) is 2.33. The molecule has 3 heterocycles. The van der Waals surface area contributed by atoms with Crippen molar-refractivity contribution in [3.8, 4) is 0 Å². The van der Waals surface area contributed by atoms with E-state index < -0.39 is 0 Å². The second-order valence-corrected chi connectivity index (χ2v) is 7.42. The number of carbonyl (C=O) groups excluding carboxylic acids is 1. The van der Waals surface area contributed by atoms with Gasteiger partial charge in [0.25, 0.3) is 0 Å². The lowest BCUT2D eigenvalue weighted by atomic mass is 9.85. The van der Waals surface area contributed by atoms with E-state index in [0.717, 1.165) is 31.6 Å². The minimum absolute atomic E-state index is 0. The number of amides is 1. The third kappa shape index (κ3) is 4.59. The Kier molecular flexibility index (Phi) is 7.92. The highest BCUT2D eigenvalue weighted by molar-refractivity contribution is 5.85. The topological polar surface area (TPSA) is 70.2 Å². The Bertz CT molecular complexity index is 562. The number of anilines is 1. The lowest BCUT2D eigenvalue weighted by Gasteiger charge is -2.26. The minimum Gasteiger partial charge on any atom is -0.353 e. The van der Waals surface area contributed by atoms with Crippen LogP contribution in [0.1, 0.15) is 44.9 Å². The van der Waals surface area contributed by atoms with Crippen LogP contribution in [0.2, 0.25) is 0 Å². The van der Waals surface area contributed by atoms with Crippen molar-refractivity contribution in [1.29, 1.82) is 0 Å². The summed E-state index contributed by atoms with van der Waals surface area (Å²) in [4.78, 5) is 14.8. The molecule has 1 amide bonds. The minimum atomic E-state index is 0. The summed E-state index contributed by atoms with van der Waals surface area (Å²) in [6, 6.07) is 4.81. The van der Waals surface area contributed by atoms with E-state index in [1.807, 2.05) is 12.1 Å². The van der Waals surface area contributed by atoms with E-state index in [-0.39, 0.29) is 36.8 Å². The highest BCUT2D eigenvalue weighted by atomic mass is 35.5. The first-order valence-corrected chi connectivity index (χ1v) is 9.39. The van der Waals surface area contributed by atoms with Gasteiger partial charge in [-0.2, -0.15) is 5.10 Å². The summed E-state index contributed by atoms with van der Waals surface area (Å²) in [5, 5.41) is 14.9. The maximum Gasteiger partial charge on any atom is 0.237 e. The lowest BCUT2D eigenvalue weighted by Crippen LogP contribution is -2.47. The Balaban J connectivity index is 0.00000121. The average Bonchev–Trinajstić information content (AvgIpc) is 3.27. The molecule has 3 aliphatic rings. The Morgan fingerprint density at radius 1 is 1.23 bits per heavy atom. The van der Waals surface area contributed by atoms with Crippen molar-refractivity contribution in [2.45, 2.75) is 63.1 Å². The predicted molar refractivity (Wildman–Crippen MR) is 107 cm³/mol. The number of hydrogen-bond acceptors (Lipinski definition) is 5. The maximum atomic E-state index is 12.6. The van der Waals surface area contributed by atoms with Crippen LogP contribution in [0.25, 0.3) is 0 Å².